The molecule has 1 amide bonds. The van der Waals surface area contributed by atoms with Crippen molar-refractivity contribution in [3.8, 4) is 5.75 Å². The summed E-state index contributed by atoms with van der Waals surface area (Å²) in [7, 11) is -2.18. The molecule has 0 saturated carbocycles. The number of esters is 1. The summed E-state index contributed by atoms with van der Waals surface area (Å²) in [6.45, 7) is 5.44. The molecular weight excluding hydrogens is 444 g/mol. The van der Waals surface area contributed by atoms with Crippen molar-refractivity contribution in [3.05, 3.63) is 52.5 Å². The van der Waals surface area contributed by atoms with Crippen LogP contribution in [0.15, 0.2) is 41.3 Å². The number of nitrogens with zero attached hydrogens (tertiary/aromatic N) is 1. The first-order valence-corrected chi connectivity index (χ1v) is 11.4. The van der Waals surface area contributed by atoms with Gasteiger partial charge in [-0.2, -0.15) is 4.31 Å². The molecule has 0 heterocycles. The Hall–Kier alpha value is -2.62. The van der Waals surface area contributed by atoms with Crippen LogP contribution in [0.25, 0.3) is 0 Å². The summed E-state index contributed by atoms with van der Waals surface area (Å²) in [5, 5.41) is 3.10. The van der Waals surface area contributed by atoms with Crippen LogP contribution in [0.3, 0.4) is 0 Å². The van der Waals surface area contributed by atoms with Crippen LogP contribution < -0.4 is 10.1 Å². The second kappa shape index (κ2) is 10.6. The maximum atomic E-state index is 12.5. The van der Waals surface area contributed by atoms with Gasteiger partial charge in [-0.1, -0.05) is 25.4 Å². The van der Waals surface area contributed by atoms with Gasteiger partial charge < -0.3 is 14.8 Å². The van der Waals surface area contributed by atoms with Crippen LogP contribution >= 0.6 is 11.6 Å². The number of benzene rings is 2. The van der Waals surface area contributed by atoms with Crippen molar-refractivity contribution in [2.45, 2.75) is 25.7 Å². The molecular formula is C21H25ClN2O6S. The minimum Gasteiger partial charge on any atom is -0.495 e. The normalized spacial score (nSPS) is 11.3. The van der Waals surface area contributed by atoms with E-state index >= 15 is 0 Å². The molecule has 31 heavy (non-hydrogen) atoms. The number of halogens is 1. The lowest BCUT2D eigenvalue weighted by atomic mass is 10.2. The number of nitrogens with one attached hydrogen (secondary N) is 1. The van der Waals surface area contributed by atoms with E-state index in [1.165, 1.54) is 35.7 Å². The maximum Gasteiger partial charge on any atom is 0.338 e. The molecule has 8 nitrogen and oxygen atoms in total. The number of sulfonamides is 1. The first kappa shape index (κ1) is 24.6. The van der Waals surface area contributed by atoms with E-state index in [1.54, 1.807) is 32.9 Å². The Balaban J connectivity index is 2.02. The van der Waals surface area contributed by atoms with Gasteiger partial charge in [0, 0.05) is 24.2 Å². The largest absolute Gasteiger partial charge is 0.495 e. The van der Waals surface area contributed by atoms with Crippen molar-refractivity contribution < 1.29 is 27.5 Å². The molecule has 0 aromatic heterocycles. The lowest BCUT2D eigenvalue weighted by Crippen LogP contribution is -2.30. The van der Waals surface area contributed by atoms with Gasteiger partial charge in [-0.25, -0.2) is 13.2 Å². The summed E-state index contributed by atoms with van der Waals surface area (Å²) in [6, 6.07) is 8.60. The fourth-order valence-electron chi connectivity index (χ4n) is 2.81. The number of rotatable bonds is 9. The number of amides is 1. The van der Waals surface area contributed by atoms with E-state index in [4.69, 9.17) is 21.1 Å². The van der Waals surface area contributed by atoms with Crippen LogP contribution in [0.1, 0.15) is 29.8 Å². The molecule has 2 aromatic rings. The number of carbonyl (C=O) groups excluding carboxylic acids is 2. The molecule has 0 unspecified atom stereocenters. The lowest BCUT2D eigenvalue weighted by Gasteiger charge is -2.18. The minimum atomic E-state index is -3.62. The highest BCUT2D eigenvalue weighted by Crippen LogP contribution is 2.30. The first-order valence-electron chi connectivity index (χ1n) is 9.55. The number of aryl methyl sites for hydroxylation is 1. The number of ether oxygens (including phenoxy) is 2. The van der Waals surface area contributed by atoms with Crippen molar-refractivity contribution >= 4 is 39.2 Å². The summed E-state index contributed by atoms with van der Waals surface area (Å²) in [4.78, 5) is 24.5. The number of carbonyl (C=O) groups is 2. The average Bonchev–Trinajstić information content (AvgIpc) is 2.75. The second-order valence-corrected chi connectivity index (χ2v) is 8.88. The summed E-state index contributed by atoms with van der Waals surface area (Å²) >= 11 is 6.04. The van der Waals surface area contributed by atoms with E-state index < -0.39 is 28.5 Å². The van der Waals surface area contributed by atoms with E-state index in [1.807, 2.05) is 0 Å². The van der Waals surface area contributed by atoms with Crippen molar-refractivity contribution in [1.82, 2.24) is 4.31 Å². The highest BCUT2D eigenvalue weighted by Gasteiger charge is 2.22. The molecule has 0 aliphatic heterocycles. The van der Waals surface area contributed by atoms with Gasteiger partial charge in [0.05, 0.1) is 23.3 Å². The highest BCUT2D eigenvalue weighted by molar-refractivity contribution is 7.89. The fraction of sp³-hybridized carbons (Fsp3) is 0.333. The predicted molar refractivity (Wildman–Crippen MR) is 118 cm³/mol. The van der Waals surface area contributed by atoms with E-state index in [-0.39, 0.29) is 10.5 Å². The quantitative estimate of drug-likeness (QED) is 0.565. The van der Waals surface area contributed by atoms with Crippen LogP contribution in [0.4, 0.5) is 5.69 Å². The number of hydrogen-bond acceptors (Lipinski definition) is 6. The number of methoxy groups -OCH3 is 1. The standard InChI is InChI=1S/C21H25ClN2O6S/c1-5-24(6-2)31(27,28)16-9-7-15(8-10-16)21(26)30-13-20(25)23-18-11-14(3)17(22)12-19(18)29-4/h7-12H,5-6,13H2,1-4H3,(H,23,25). The number of anilines is 1. The van der Waals surface area contributed by atoms with Gasteiger partial charge in [-0.3, -0.25) is 4.79 Å². The number of hydrogen-bond donors (Lipinski definition) is 1. The van der Waals surface area contributed by atoms with E-state index in [0.29, 0.717) is 29.5 Å². The third-order valence-corrected chi connectivity index (χ3v) is 6.99. The van der Waals surface area contributed by atoms with Crippen LogP contribution in [0.2, 0.25) is 5.02 Å². The molecule has 10 heteroatoms. The zero-order valence-corrected chi connectivity index (χ0v) is 19.3. The van der Waals surface area contributed by atoms with E-state index in [0.717, 1.165) is 5.56 Å². The Bertz CT molecular complexity index is 1050. The van der Waals surface area contributed by atoms with Gasteiger partial charge >= 0.3 is 5.97 Å². The molecule has 0 bridgehead atoms. The third kappa shape index (κ3) is 5.96. The minimum absolute atomic E-state index is 0.0793. The second-order valence-electron chi connectivity index (χ2n) is 6.54. The molecule has 0 aliphatic rings. The van der Waals surface area contributed by atoms with E-state index in [9.17, 15) is 18.0 Å². The Morgan fingerprint density at radius 1 is 1.10 bits per heavy atom. The Labute approximate surface area is 187 Å². The summed E-state index contributed by atoms with van der Waals surface area (Å²) in [5.41, 5.74) is 1.28. The molecule has 0 radical (unpaired) electrons. The summed E-state index contributed by atoms with van der Waals surface area (Å²) in [5.74, 6) is -0.935. The summed E-state index contributed by atoms with van der Waals surface area (Å²) in [6.07, 6.45) is 0. The molecule has 0 aliphatic carbocycles. The zero-order chi connectivity index (χ0) is 23.2. The van der Waals surface area contributed by atoms with Crippen LogP contribution in [-0.4, -0.2) is 51.4 Å². The third-order valence-electron chi connectivity index (χ3n) is 4.52. The zero-order valence-electron chi connectivity index (χ0n) is 17.8. The van der Waals surface area contributed by atoms with Gasteiger partial charge in [0.1, 0.15) is 5.75 Å². The predicted octanol–water partition coefficient (Wildman–Crippen LogP) is 3.48. The highest BCUT2D eigenvalue weighted by atomic mass is 35.5. The Kier molecular flexibility index (Phi) is 8.43. The first-order chi connectivity index (χ1) is 14.6. The smallest absolute Gasteiger partial charge is 0.338 e. The van der Waals surface area contributed by atoms with Gasteiger partial charge in [0.2, 0.25) is 10.0 Å². The molecule has 0 spiro atoms. The van der Waals surface area contributed by atoms with Crippen LogP contribution in [0, 0.1) is 6.92 Å². The fourth-order valence-corrected chi connectivity index (χ4v) is 4.42. The average molecular weight is 469 g/mol. The molecule has 168 valence electrons. The molecule has 1 N–H and O–H groups in total. The van der Waals surface area contributed by atoms with Gasteiger partial charge in [0.15, 0.2) is 6.61 Å². The van der Waals surface area contributed by atoms with Crippen LogP contribution in [0.5, 0.6) is 5.75 Å². The van der Waals surface area contributed by atoms with Gasteiger partial charge in [-0.15, -0.1) is 0 Å². The van der Waals surface area contributed by atoms with E-state index in [2.05, 4.69) is 5.32 Å². The molecule has 0 saturated heterocycles. The Morgan fingerprint density at radius 2 is 1.71 bits per heavy atom. The van der Waals surface area contributed by atoms with Crippen LogP contribution in [-0.2, 0) is 19.6 Å². The summed E-state index contributed by atoms with van der Waals surface area (Å²) < 4.78 is 36.5. The van der Waals surface area contributed by atoms with Gasteiger partial charge in [-0.05, 0) is 42.8 Å². The van der Waals surface area contributed by atoms with Crippen molar-refractivity contribution in [1.29, 1.82) is 0 Å². The van der Waals surface area contributed by atoms with Gasteiger partial charge in [0.25, 0.3) is 5.91 Å². The molecule has 2 aromatic carbocycles. The lowest BCUT2D eigenvalue weighted by molar-refractivity contribution is -0.119. The maximum absolute atomic E-state index is 12.5. The molecule has 0 atom stereocenters. The monoisotopic (exact) mass is 468 g/mol. The van der Waals surface area contributed by atoms with Crippen molar-refractivity contribution in [2.75, 3.05) is 32.1 Å². The Morgan fingerprint density at radius 3 is 2.26 bits per heavy atom. The molecule has 0 fully saturated rings. The topological polar surface area (TPSA) is 102 Å². The molecule has 2 rings (SSSR count). The van der Waals surface area contributed by atoms with Crippen molar-refractivity contribution in [3.63, 3.8) is 0 Å². The van der Waals surface area contributed by atoms with Crippen molar-refractivity contribution in [2.24, 2.45) is 0 Å². The SMILES string of the molecule is CCN(CC)S(=O)(=O)c1ccc(C(=O)OCC(=O)Nc2cc(C)c(Cl)cc2OC)cc1.